The smallest absolute Gasteiger partial charge is 0.0743 e. The summed E-state index contributed by atoms with van der Waals surface area (Å²) in [4.78, 5) is 3.30. The van der Waals surface area contributed by atoms with Crippen molar-refractivity contribution < 1.29 is 18.1 Å². The summed E-state index contributed by atoms with van der Waals surface area (Å²) in [5.41, 5.74) is 7.87. The summed E-state index contributed by atoms with van der Waals surface area (Å²) in [7, 11) is 0. The van der Waals surface area contributed by atoms with Crippen LogP contribution in [0.4, 0.5) is 0 Å². The molecule has 0 aliphatic rings. The van der Waals surface area contributed by atoms with Crippen molar-refractivity contribution in [3.8, 4) is 0 Å². The minimum Gasteiger partial charge on any atom is -1.00 e. The van der Waals surface area contributed by atoms with Crippen LogP contribution in [-0.2, 0) is 6.42 Å². The van der Waals surface area contributed by atoms with Crippen molar-refractivity contribution in [3.63, 3.8) is 0 Å². The second kappa shape index (κ2) is 5.19. The molecule has 2 nitrogen and oxygen atoms in total. The first-order valence-electron chi connectivity index (χ1n) is 5.17. The molecule has 0 amide bonds. The lowest BCUT2D eigenvalue weighted by atomic mass is 10.1. The molecule has 1 heterocycles. The number of nitrogens with one attached hydrogen (secondary N) is 1. The number of aromatic amines is 1. The highest BCUT2D eigenvalue weighted by molar-refractivity contribution is 5.83. The van der Waals surface area contributed by atoms with Gasteiger partial charge in [0.2, 0.25) is 0 Å². The van der Waals surface area contributed by atoms with Crippen LogP contribution in [0.1, 0.15) is 17.5 Å². The summed E-state index contributed by atoms with van der Waals surface area (Å²) in [5.74, 6) is 0. The fourth-order valence-electron chi connectivity index (χ4n) is 1.81. The number of benzene rings is 1. The van der Waals surface area contributed by atoms with Gasteiger partial charge in [-0.2, -0.15) is 0 Å². The van der Waals surface area contributed by atoms with E-state index in [9.17, 15) is 0 Å². The Morgan fingerprint density at radius 3 is 2.87 bits per heavy atom. The second-order valence-corrected chi connectivity index (χ2v) is 3.82. The molecule has 3 heteroatoms. The molecule has 4 N–H and O–H groups in total. The number of fused-ring (bicyclic) bond motifs is 1. The predicted molar refractivity (Wildman–Crippen MR) is 59.1 cm³/mol. The van der Waals surface area contributed by atoms with E-state index in [0.29, 0.717) is 0 Å². The van der Waals surface area contributed by atoms with Crippen LogP contribution in [-0.4, -0.2) is 11.5 Å². The Bertz CT molecular complexity index is 434. The first-order valence-corrected chi connectivity index (χ1v) is 5.17. The summed E-state index contributed by atoms with van der Waals surface area (Å²) >= 11 is 0. The lowest BCUT2D eigenvalue weighted by Gasteiger charge is -1.97. The maximum atomic E-state index is 3.87. The van der Waals surface area contributed by atoms with Gasteiger partial charge in [0.1, 0.15) is 0 Å². The van der Waals surface area contributed by atoms with Crippen LogP contribution >= 0.6 is 0 Å². The van der Waals surface area contributed by atoms with Crippen molar-refractivity contribution >= 4 is 10.9 Å². The molecule has 0 radical (unpaired) electrons. The maximum Gasteiger partial charge on any atom is 0.0743 e. The van der Waals surface area contributed by atoms with Crippen LogP contribution in [0.2, 0.25) is 0 Å². The van der Waals surface area contributed by atoms with Gasteiger partial charge in [-0.15, -0.1) is 0 Å². The van der Waals surface area contributed by atoms with Crippen LogP contribution in [0.3, 0.4) is 0 Å². The quantitative estimate of drug-likeness (QED) is 0.648. The van der Waals surface area contributed by atoms with Gasteiger partial charge in [0.05, 0.1) is 6.54 Å². The third kappa shape index (κ3) is 2.52. The fourth-order valence-corrected chi connectivity index (χ4v) is 1.81. The highest BCUT2D eigenvalue weighted by Crippen LogP contribution is 2.20. The normalized spacial score (nSPS) is 10.3. The number of rotatable bonds is 3. The molecule has 2 aromatic rings. The number of aryl methyl sites for hydroxylation is 2. The van der Waals surface area contributed by atoms with E-state index < -0.39 is 0 Å². The number of hydrogen-bond acceptors (Lipinski definition) is 0. The van der Waals surface area contributed by atoms with E-state index in [1.54, 1.807) is 0 Å². The molecule has 0 aliphatic carbocycles. The Morgan fingerprint density at radius 2 is 2.13 bits per heavy atom. The molecule has 0 spiro atoms. The van der Waals surface area contributed by atoms with Gasteiger partial charge in [-0.25, -0.2) is 0 Å². The average Bonchev–Trinajstić information content (AvgIpc) is 2.57. The largest absolute Gasteiger partial charge is 1.00 e. The van der Waals surface area contributed by atoms with E-state index in [1.165, 1.54) is 28.5 Å². The number of hydrogen-bond donors (Lipinski definition) is 2. The molecular weight excluding hydrogens is 208 g/mol. The van der Waals surface area contributed by atoms with Crippen molar-refractivity contribution in [2.75, 3.05) is 6.54 Å². The summed E-state index contributed by atoms with van der Waals surface area (Å²) < 4.78 is 0. The van der Waals surface area contributed by atoms with Crippen molar-refractivity contribution in [1.82, 2.24) is 4.98 Å². The lowest BCUT2D eigenvalue weighted by Crippen LogP contribution is -3.00. The summed E-state index contributed by atoms with van der Waals surface area (Å²) in [5, 5.41) is 1.37. The van der Waals surface area contributed by atoms with E-state index in [-0.39, 0.29) is 12.4 Å². The van der Waals surface area contributed by atoms with Crippen LogP contribution in [0.15, 0.2) is 24.4 Å². The standard InChI is InChI=1S/C12H16N2.ClH/c1-9-4-5-12-11(7-9)10(8-14-12)3-2-6-13;/h4-5,7-8,14H,2-3,6,13H2,1H3;1H. The molecule has 0 atom stereocenters. The van der Waals surface area contributed by atoms with Gasteiger partial charge >= 0.3 is 0 Å². The minimum atomic E-state index is 0. The average molecular weight is 225 g/mol. The Balaban J connectivity index is 0.00000112. The summed E-state index contributed by atoms with van der Waals surface area (Å²) in [6, 6.07) is 6.55. The number of aromatic nitrogens is 1. The van der Waals surface area contributed by atoms with E-state index in [1.807, 2.05) is 0 Å². The van der Waals surface area contributed by atoms with Crippen LogP contribution in [0.5, 0.6) is 0 Å². The van der Waals surface area contributed by atoms with Gasteiger partial charge in [0, 0.05) is 23.5 Å². The molecule has 0 saturated carbocycles. The molecule has 1 aromatic heterocycles. The highest BCUT2D eigenvalue weighted by atomic mass is 35.5. The monoisotopic (exact) mass is 224 g/mol. The first-order chi connectivity index (χ1) is 6.81. The number of halogens is 1. The van der Waals surface area contributed by atoms with Crippen molar-refractivity contribution in [1.29, 1.82) is 0 Å². The van der Waals surface area contributed by atoms with E-state index in [4.69, 9.17) is 0 Å². The second-order valence-electron chi connectivity index (χ2n) is 3.82. The summed E-state index contributed by atoms with van der Waals surface area (Å²) in [6.45, 7) is 3.15. The van der Waals surface area contributed by atoms with Crippen LogP contribution in [0.25, 0.3) is 10.9 Å². The molecule has 0 unspecified atom stereocenters. The van der Waals surface area contributed by atoms with Crippen molar-refractivity contribution in [2.24, 2.45) is 0 Å². The highest BCUT2D eigenvalue weighted by Gasteiger charge is 2.02. The van der Waals surface area contributed by atoms with Gasteiger partial charge in [0.25, 0.3) is 0 Å². The third-order valence-electron chi connectivity index (χ3n) is 2.62. The molecule has 0 bridgehead atoms. The topological polar surface area (TPSA) is 43.4 Å². The Hall–Kier alpha value is -0.990. The Kier molecular flexibility index (Phi) is 4.18. The Labute approximate surface area is 96.3 Å². The third-order valence-corrected chi connectivity index (χ3v) is 2.62. The predicted octanol–water partition coefficient (Wildman–Crippen LogP) is -1.35. The Morgan fingerprint density at radius 1 is 1.33 bits per heavy atom. The van der Waals surface area contributed by atoms with Gasteiger partial charge < -0.3 is 23.1 Å². The SMILES string of the molecule is Cc1ccc2[nH]cc(CCC[NH3+])c2c1.[Cl-]. The van der Waals surface area contributed by atoms with Gasteiger partial charge in [-0.1, -0.05) is 11.6 Å². The van der Waals surface area contributed by atoms with Gasteiger partial charge in [-0.3, -0.25) is 0 Å². The molecule has 0 aliphatic heterocycles. The van der Waals surface area contributed by atoms with Crippen LogP contribution < -0.4 is 18.1 Å². The zero-order valence-corrected chi connectivity index (χ0v) is 9.77. The van der Waals surface area contributed by atoms with E-state index >= 15 is 0 Å². The zero-order valence-electron chi connectivity index (χ0n) is 9.02. The maximum absolute atomic E-state index is 3.87. The van der Waals surface area contributed by atoms with Gasteiger partial charge in [-0.05, 0) is 31.0 Å². The van der Waals surface area contributed by atoms with Crippen molar-refractivity contribution in [2.45, 2.75) is 19.8 Å². The molecule has 1 aromatic carbocycles. The van der Waals surface area contributed by atoms with E-state index in [0.717, 1.165) is 13.0 Å². The first kappa shape index (κ1) is 12.1. The number of quaternary nitrogens is 1. The summed E-state index contributed by atoms with van der Waals surface area (Å²) in [6.07, 6.45) is 4.42. The minimum absolute atomic E-state index is 0. The molecule has 0 fully saturated rings. The molecule has 15 heavy (non-hydrogen) atoms. The molecular formula is C12H17ClN2. The fraction of sp³-hybridized carbons (Fsp3) is 0.333. The van der Waals surface area contributed by atoms with E-state index in [2.05, 4.69) is 42.0 Å². The van der Waals surface area contributed by atoms with Gasteiger partial charge in [0.15, 0.2) is 0 Å². The van der Waals surface area contributed by atoms with Crippen LogP contribution in [0, 0.1) is 6.92 Å². The zero-order chi connectivity index (χ0) is 9.97. The molecule has 82 valence electrons. The molecule has 0 saturated heterocycles. The molecule has 2 rings (SSSR count). The van der Waals surface area contributed by atoms with Crippen molar-refractivity contribution in [3.05, 3.63) is 35.5 Å². The number of H-pyrrole nitrogens is 1. The lowest BCUT2D eigenvalue weighted by molar-refractivity contribution is -0.368.